The maximum absolute atomic E-state index is 13.3. The normalized spacial score (nSPS) is 31.5. The van der Waals surface area contributed by atoms with Crippen molar-refractivity contribution in [2.45, 2.75) is 285 Å². The molecule has 1 amide bonds. The van der Waals surface area contributed by atoms with Crippen molar-refractivity contribution >= 4 is 5.91 Å². The number of hydrogen-bond donors (Lipinski definition) is 12. The van der Waals surface area contributed by atoms with Gasteiger partial charge in [-0.25, -0.2) is 0 Å². The number of aliphatic hydroxyl groups is 11. The van der Waals surface area contributed by atoms with E-state index < -0.39 is 124 Å². The van der Waals surface area contributed by atoms with Crippen LogP contribution in [-0.2, 0) is 33.2 Å². The Hall–Kier alpha value is -1.99. The lowest BCUT2D eigenvalue weighted by Gasteiger charge is -2.48. The van der Waals surface area contributed by atoms with Crippen molar-refractivity contribution in [3.05, 3.63) is 36.5 Å². The Bertz CT molecular complexity index is 1520. The van der Waals surface area contributed by atoms with E-state index in [0.717, 1.165) is 38.5 Å². The lowest BCUT2D eigenvalue weighted by molar-refractivity contribution is -0.379. The molecule has 3 fully saturated rings. The molecule has 3 aliphatic heterocycles. The molecular formula is C56H101NO18. The van der Waals surface area contributed by atoms with Crippen LogP contribution in [0.15, 0.2) is 36.5 Å². The summed E-state index contributed by atoms with van der Waals surface area (Å²) in [6.45, 7) is 1.45. The lowest BCUT2D eigenvalue weighted by atomic mass is 9.96. The van der Waals surface area contributed by atoms with E-state index in [9.17, 15) is 61.0 Å². The fourth-order valence-corrected chi connectivity index (χ4v) is 9.76. The summed E-state index contributed by atoms with van der Waals surface area (Å²) in [4.78, 5) is 13.3. The second kappa shape index (κ2) is 40.2. The number of rotatable bonds is 41. The number of unbranched alkanes of at least 4 members (excludes halogenated alkanes) is 22. The first kappa shape index (κ1) is 67.3. The highest BCUT2D eigenvalue weighted by Gasteiger charge is 2.53. The fraction of sp³-hybridized carbons (Fsp3) is 0.875. The summed E-state index contributed by atoms with van der Waals surface area (Å²) in [5.41, 5.74) is 0. The molecule has 12 N–H and O–H groups in total. The third-order valence-electron chi connectivity index (χ3n) is 14.5. The summed E-state index contributed by atoms with van der Waals surface area (Å²) >= 11 is 0. The maximum atomic E-state index is 13.3. The van der Waals surface area contributed by atoms with Crippen LogP contribution in [0.2, 0.25) is 0 Å². The molecule has 438 valence electrons. The Labute approximate surface area is 447 Å². The molecule has 19 nitrogen and oxygen atoms in total. The summed E-state index contributed by atoms with van der Waals surface area (Å²) in [5, 5.41) is 120. The van der Waals surface area contributed by atoms with Gasteiger partial charge in [0, 0.05) is 6.42 Å². The summed E-state index contributed by atoms with van der Waals surface area (Å²) in [5.74, 6) is -0.292. The zero-order valence-electron chi connectivity index (χ0n) is 45.3. The Morgan fingerprint density at radius 3 is 1.33 bits per heavy atom. The van der Waals surface area contributed by atoms with Crippen LogP contribution < -0.4 is 5.32 Å². The van der Waals surface area contributed by atoms with Crippen LogP contribution in [0.25, 0.3) is 0 Å². The van der Waals surface area contributed by atoms with Gasteiger partial charge >= 0.3 is 0 Å². The highest BCUT2D eigenvalue weighted by molar-refractivity contribution is 5.76. The molecule has 0 aromatic heterocycles. The van der Waals surface area contributed by atoms with E-state index in [1.54, 1.807) is 6.08 Å². The average Bonchev–Trinajstić information content (AvgIpc) is 3.41. The molecule has 0 spiro atoms. The molecule has 0 bridgehead atoms. The second-order valence-corrected chi connectivity index (χ2v) is 20.8. The summed E-state index contributed by atoms with van der Waals surface area (Å²) in [6.07, 6.45) is 14.7. The van der Waals surface area contributed by atoms with E-state index in [0.29, 0.717) is 12.8 Å². The van der Waals surface area contributed by atoms with Gasteiger partial charge in [-0.1, -0.05) is 172 Å². The van der Waals surface area contributed by atoms with Gasteiger partial charge in [0.2, 0.25) is 5.91 Å². The quantitative estimate of drug-likeness (QED) is 0.0302. The average molecular weight is 1080 g/mol. The van der Waals surface area contributed by atoms with Crippen LogP contribution in [0.4, 0.5) is 0 Å². The SMILES string of the molecule is C/C=C/CC/C=C/CC/C=C/C(O)C(COC1OC(CO)C(OC2OC(CO)C(OC3OC(CO)C(O)C(O)C3O)C(O)C2O)C(O)C1O)NC(=O)CCCCCCCCCCCCCCCCCCCCCCC. The van der Waals surface area contributed by atoms with Crippen molar-refractivity contribution in [1.29, 1.82) is 0 Å². The first-order chi connectivity index (χ1) is 36.3. The molecule has 17 atom stereocenters. The van der Waals surface area contributed by atoms with Gasteiger partial charge in [-0.2, -0.15) is 0 Å². The van der Waals surface area contributed by atoms with Gasteiger partial charge in [-0.05, 0) is 39.0 Å². The number of nitrogens with one attached hydrogen (secondary N) is 1. The zero-order valence-corrected chi connectivity index (χ0v) is 45.3. The molecule has 19 heteroatoms. The molecule has 0 aromatic carbocycles. The van der Waals surface area contributed by atoms with Crippen LogP contribution >= 0.6 is 0 Å². The van der Waals surface area contributed by atoms with Gasteiger partial charge in [0.05, 0.1) is 38.6 Å². The van der Waals surface area contributed by atoms with Gasteiger partial charge in [0.1, 0.15) is 73.2 Å². The standard InChI is InChI=1S/C56H101NO18/c1-3-5-7-9-11-13-14-15-16-17-18-19-20-21-22-23-24-26-28-30-32-34-44(62)57-39(40(61)33-31-29-27-25-12-10-8-6-4-2)38-70-54-50(68)47(65)52(42(36-59)72-54)75-56-51(69)48(66)53(43(37-60)73-56)74-55-49(67)46(64)45(63)41(35-58)71-55/h4,6,12,25,31,33,39-43,45-56,58-61,63-69H,3,5,7-11,13-24,26-30,32,34-38H2,1-2H3,(H,57,62)/b6-4+,25-12+,33-31+. The Morgan fingerprint density at radius 2 is 0.880 bits per heavy atom. The van der Waals surface area contributed by atoms with Crippen molar-refractivity contribution in [3.8, 4) is 0 Å². The molecule has 0 saturated carbocycles. The molecule has 0 radical (unpaired) electrons. The monoisotopic (exact) mass is 1080 g/mol. The number of carbonyl (C=O) groups is 1. The predicted octanol–water partition coefficient (Wildman–Crippen LogP) is 4.15. The Kier molecular flexibility index (Phi) is 36.1. The first-order valence-electron chi connectivity index (χ1n) is 28.7. The van der Waals surface area contributed by atoms with E-state index in [2.05, 4.69) is 30.5 Å². The van der Waals surface area contributed by atoms with Gasteiger partial charge in [-0.3, -0.25) is 4.79 Å². The van der Waals surface area contributed by atoms with E-state index in [1.165, 1.54) is 109 Å². The smallest absolute Gasteiger partial charge is 0.220 e. The zero-order chi connectivity index (χ0) is 54.8. The largest absolute Gasteiger partial charge is 0.394 e. The molecule has 0 aliphatic carbocycles. The summed E-state index contributed by atoms with van der Waals surface area (Å²) < 4.78 is 34.1. The number of aliphatic hydroxyl groups excluding tert-OH is 11. The molecule has 3 aliphatic rings. The molecule has 3 rings (SSSR count). The van der Waals surface area contributed by atoms with E-state index in [-0.39, 0.29) is 18.9 Å². The highest BCUT2D eigenvalue weighted by Crippen LogP contribution is 2.33. The molecular weight excluding hydrogens is 975 g/mol. The number of allylic oxidation sites excluding steroid dienone is 5. The lowest BCUT2D eigenvalue weighted by Crippen LogP contribution is -2.66. The van der Waals surface area contributed by atoms with Crippen molar-refractivity contribution in [2.24, 2.45) is 0 Å². The fourth-order valence-electron chi connectivity index (χ4n) is 9.76. The first-order valence-corrected chi connectivity index (χ1v) is 28.7. The highest BCUT2D eigenvalue weighted by atomic mass is 16.8. The third-order valence-corrected chi connectivity index (χ3v) is 14.5. The summed E-state index contributed by atoms with van der Waals surface area (Å²) in [7, 11) is 0. The minimum absolute atomic E-state index is 0.235. The molecule has 3 saturated heterocycles. The molecule has 0 aromatic rings. The number of carbonyl (C=O) groups excluding carboxylic acids is 1. The van der Waals surface area contributed by atoms with Crippen LogP contribution in [0.3, 0.4) is 0 Å². The number of amides is 1. The van der Waals surface area contributed by atoms with Gasteiger partial charge in [0.25, 0.3) is 0 Å². The number of ether oxygens (including phenoxy) is 6. The maximum Gasteiger partial charge on any atom is 0.220 e. The molecule has 75 heavy (non-hydrogen) atoms. The van der Waals surface area contributed by atoms with Crippen molar-refractivity contribution in [1.82, 2.24) is 5.32 Å². The van der Waals surface area contributed by atoms with Crippen molar-refractivity contribution < 1.29 is 89.4 Å². The number of hydrogen-bond acceptors (Lipinski definition) is 18. The van der Waals surface area contributed by atoms with Crippen LogP contribution in [0.1, 0.15) is 181 Å². The van der Waals surface area contributed by atoms with Crippen LogP contribution in [0, 0.1) is 0 Å². The van der Waals surface area contributed by atoms with Crippen molar-refractivity contribution in [2.75, 3.05) is 26.4 Å². The third kappa shape index (κ3) is 24.9. The second-order valence-electron chi connectivity index (χ2n) is 20.8. The molecule has 17 unspecified atom stereocenters. The van der Waals surface area contributed by atoms with Crippen LogP contribution in [0.5, 0.6) is 0 Å². The Morgan fingerprint density at radius 1 is 0.493 bits per heavy atom. The summed E-state index contributed by atoms with van der Waals surface area (Å²) in [6, 6.07) is -0.990. The minimum atomic E-state index is -1.98. The van der Waals surface area contributed by atoms with Gasteiger partial charge in [0.15, 0.2) is 18.9 Å². The van der Waals surface area contributed by atoms with E-state index in [4.69, 9.17) is 28.4 Å². The predicted molar refractivity (Wildman–Crippen MR) is 282 cm³/mol. The van der Waals surface area contributed by atoms with Crippen LogP contribution in [-0.4, -0.2) is 193 Å². The van der Waals surface area contributed by atoms with Crippen molar-refractivity contribution in [3.63, 3.8) is 0 Å². The van der Waals surface area contributed by atoms with E-state index >= 15 is 0 Å². The Balaban J connectivity index is 1.46. The molecule has 3 heterocycles. The van der Waals surface area contributed by atoms with Gasteiger partial charge in [-0.15, -0.1) is 0 Å². The van der Waals surface area contributed by atoms with Gasteiger partial charge < -0.3 is 89.9 Å². The van der Waals surface area contributed by atoms with E-state index in [1.807, 2.05) is 19.1 Å². The minimum Gasteiger partial charge on any atom is -0.394 e. The topological polar surface area (TPSA) is 307 Å².